The molecule has 1 unspecified atom stereocenters. The number of hydrogen-bond donors (Lipinski definition) is 2. The molecule has 8 heteroatoms. The van der Waals surface area contributed by atoms with Crippen LogP contribution in [0.4, 0.5) is 5.69 Å². The van der Waals surface area contributed by atoms with E-state index >= 15 is 0 Å². The number of amides is 1. The monoisotopic (exact) mass is 401 g/mol. The zero-order valence-electron chi connectivity index (χ0n) is 15.7. The summed E-state index contributed by atoms with van der Waals surface area (Å²) in [4.78, 5) is 14.9. The van der Waals surface area contributed by atoms with Gasteiger partial charge in [0.1, 0.15) is 6.04 Å². The number of benzene rings is 1. The molecule has 1 amide bonds. The van der Waals surface area contributed by atoms with Gasteiger partial charge in [0.05, 0.1) is 6.20 Å². The molecule has 2 rings (SSSR count). The highest BCUT2D eigenvalue weighted by molar-refractivity contribution is 5.95. The van der Waals surface area contributed by atoms with E-state index < -0.39 is 6.04 Å². The first kappa shape index (κ1) is 24.4. The lowest BCUT2D eigenvalue weighted by atomic mass is 10.1. The molecule has 1 heterocycles. The Morgan fingerprint density at radius 3 is 2.50 bits per heavy atom. The molecule has 0 radical (unpaired) electrons. The average Bonchev–Trinajstić information content (AvgIpc) is 2.99. The molecule has 1 atom stereocenters. The number of carbonyl (C=O) groups is 1. The number of likely N-dealkylation sites (N-methyl/N-ethyl adjacent to an activating group) is 1. The Labute approximate surface area is 168 Å². The van der Waals surface area contributed by atoms with Crippen LogP contribution in [0.25, 0.3) is 0 Å². The van der Waals surface area contributed by atoms with Gasteiger partial charge in [-0.05, 0) is 37.8 Å². The van der Waals surface area contributed by atoms with E-state index in [1.165, 1.54) is 5.56 Å². The number of rotatable bonds is 8. The third kappa shape index (κ3) is 6.61. The largest absolute Gasteiger partial charge is 0.324 e. The highest BCUT2D eigenvalue weighted by Gasteiger charge is 2.20. The van der Waals surface area contributed by atoms with E-state index in [1.807, 2.05) is 31.4 Å². The number of carbonyl (C=O) groups excluding carboxylic acids is 1. The van der Waals surface area contributed by atoms with E-state index in [4.69, 9.17) is 0 Å². The Hall–Kier alpha value is -1.60. The minimum Gasteiger partial charge on any atom is -0.324 e. The Kier molecular flexibility index (Phi) is 11.2. The average molecular weight is 402 g/mol. The molecule has 0 fully saturated rings. The fraction of sp³-hybridized carbons (Fsp3) is 0.444. The molecule has 2 aromatic rings. The van der Waals surface area contributed by atoms with Crippen LogP contribution in [0.15, 0.2) is 36.7 Å². The van der Waals surface area contributed by atoms with Gasteiger partial charge in [0.15, 0.2) is 0 Å². The summed E-state index contributed by atoms with van der Waals surface area (Å²) in [6.07, 6.45) is 3.55. The van der Waals surface area contributed by atoms with Gasteiger partial charge in [-0.25, -0.2) is 0 Å². The molecule has 0 bridgehead atoms. The summed E-state index contributed by atoms with van der Waals surface area (Å²) in [5.74, 6) is -0.0921. The molecule has 1 aromatic heterocycles. The number of nitrogens with one attached hydrogen (secondary N) is 2. The van der Waals surface area contributed by atoms with Gasteiger partial charge < -0.3 is 10.6 Å². The van der Waals surface area contributed by atoms with Crippen molar-refractivity contribution in [3.05, 3.63) is 47.8 Å². The van der Waals surface area contributed by atoms with E-state index in [2.05, 4.69) is 40.5 Å². The number of halogens is 2. The van der Waals surface area contributed by atoms with Gasteiger partial charge in [0.2, 0.25) is 5.91 Å². The van der Waals surface area contributed by atoms with Crippen molar-refractivity contribution in [3.8, 4) is 0 Å². The standard InChI is InChI=1S/C18H27N5O.2ClH/c1-5-23(6-2)12-14-8-7-9-16(10-14)21-18(24)17(19-3)15-11-20-22(4)13-15;;/h7-11,13,17,19H,5-6,12H2,1-4H3,(H,21,24);2*1H. The van der Waals surface area contributed by atoms with Crippen LogP contribution in [-0.2, 0) is 18.4 Å². The summed E-state index contributed by atoms with van der Waals surface area (Å²) < 4.78 is 1.69. The number of nitrogens with zero attached hydrogens (tertiary/aromatic N) is 3. The van der Waals surface area contributed by atoms with Crippen molar-refractivity contribution >= 4 is 36.4 Å². The van der Waals surface area contributed by atoms with E-state index in [0.29, 0.717) is 0 Å². The number of aromatic nitrogens is 2. The first-order valence-electron chi connectivity index (χ1n) is 8.35. The zero-order chi connectivity index (χ0) is 17.5. The minimum atomic E-state index is -0.426. The summed E-state index contributed by atoms with van der Waals surface area (Å²) in [5, 5.41) is 10.2. The third-order valence-corrected chi connectivity index (χ3v) is 4.10. The van der Waals surface area contributed by atoms with Crippen LogP contribution in [0, 0.1) is 0 Å². The molecule has 1 aromatic carbocycles. The molecule has 6 nitrogen and oxygen atoms in total. The molecule has 0 aliphatic carbocycles. The summed E-state index contributed by atoms with van der Waals surface area (Å²) in [6.45, 7) is 7.21. The Balaban J connectivity index is 0.00000312. The maximum Gasteiger partial charge on any atom is 0.246 e. The Bertz CT molecular complexity index is 673. The maximum atomic E-state index is 12.6. The Morgan fingerprint density at radius 2 is 1.96 bits per heavy atom. The second kappa shape index (κ2) is 11.9. The van der Waals surface area contributed by atoms with Crippen molar-refractivity contribution in [2.24, 2.45) is 7.05 Å². The highest BCUT2D eigenvalue weighted by Crippen LogP contribution is 2.17. The molecule has 0 saturated carbocycles. The van der Waals surface area contributed by atoms with Crippen molar-refractivity contribution in [3.63, 3.8) is 0 Å². The van der Waals surface area contributed by atoms with Crippen molar-refractivity contribution in [1.29, 1.82) is 0 Å². The van der Waals surface area contributed by atoms with Gasteiger partial charge in [-0.15, -0.1) is 24.8 Å². The van der Waals surface area contributed by atoms with Crippen LogP contribution >= 0.6 is 24.8 Å². The van der Waals surface area contributed by atoms with Crippen LogP contribution in [0.5, 0.6) is 0 Å². The summed E-state index contributed by atoms with van der Waals surface area (Å²) in [6, 6.07) is 7.59. The second-order valence-corrected chi connectivity index (χ2v) is 5.82. The zero-order valence-corrected chi connectivity index (χ0v) is 17.4. The van der Waals surface area contributed by atoms with E-state index in [-0.39, 0.29) is 30.7 Å². The van der Waals surface area contributed by atoms with Gasteiger partial charge in [0.25, 0.3) is 0 Å². The first-order chi connectivity index (χ1) is 11.6. The minimum absolute atomic E-state index is 0. The predicted molar refractivity (Wildman–Crippen MR) is 111 cm³/mol. The molecule has 0 spiro atoms. The third-order valence-electron chi connectivity index (χ3n) is 4.10. The number of aryl methyl sites for hydroxylation is 1. The normalized spacial score (nSPS) is 11.4. The van der Waals surface area contributed by atoms with Crippen molar-refractivity contribution in [2.45, 2.75) is 26.4 Å². The van der Waals surface area contributed by atoms with Gasteiger partial charge in [-0.1, -0.05) is 26.0 Å². The van der Waals surface area contributed by atoms with Gasteiger partial charge in [-0.3, -0.25) is 14.4 Å². The van der Waals surface area contributed by atoms with Crippen LogP contribution in [0.2, 0.25) is 0 Å². The highest BCUT2D eigenvalue weighted by atomic mass is 35.5. The maximum absolute atomic E-state index is 12.6. The van der Waals surface area contributed by atoms with Crippen LogP contribution in [-0.4, -0.2) is 40.7 Å². The first-order valence-corrected chi connectivity index (χ1v) is 8.35. The predicted octanol–water partition coefficient (Wildman–Crippen LogP) is 3.00. The molecular weight excluding hydrogens is 373 g/mol. The van der Waals surface area contributed by atoms with E-state index in [9.17, 15) is 4.79 Å². The van der Waals surface area contributed by atoms with Gasteiger partial charge in [0, 0.05) is 31.0 Å². The molecule has 0 aliphatic heterocycles. The van der Waals surface area contributed by atoms with Gasteiger partial charge in [-0.2, -0.15) is 5.10 Å². The SMILES string of the molecule is CCN(CC)Cc1cccc(NC(=O)C(NC)c2cnn(C)c2)c1.Cl.Cl. The topological polar surface area (TPSA) is 62.2 Å². The van der Waals surface area contributed by atoms with Crippen LogP contribution < -0.4 is 10.6 Å². The van der Waals surface area contributed by atoms with Crippen LogP contribution in [0.1, 0.15) is 31.0 Å². The summed E-state index contributed by atoms with van der Waals surface area (Å²) in [7, 11) is 3.61. The summed E-state index contributed by atoms with van der Waals surface area (Å²) in [5.41, 5.74) is 2.85. The number of hydrogen-bond acceptors (Lipinski definition) is 4. The molecule has 146 valence electrons. The Morgan fingerprint density at radius 1 is 1.27 bits per heavy atom. The number of anilines is 1. The van der Waals surface area contributed by atoms with Crippen molar-refractivity contribution in [1.82, 2.24) is 20.0 Å². The molecular formula is C18H29Cl2N5O. The fourth-order valence-electron chi connectivity index (χ4n) is 2.71. The fourth-order valence-corrected chi connectivity index (χ4v) is 2.71. The van der Waals surface area contributed by atoms with E-state index in [1.54, 1.807) is 17.9 Å². The van der Waals surface area contributed by atoms with Crippen molar-refractivity contribution in [2.75, 3.05) is 25.5 Å². The van der Waals surface area contributed by atoms with Crippen molar-refractivity contribution < 1.29 is 4.79 Å². The van der Waals surface area contributed by atoms with Crippen LogP contribution in [0.3, 0.4) is 0 Å². The molecule has 0 aliphatic rings. The lowest BCUT2D eigenvalue weighted by Crippen LogP contribution is -2.30. The summed E-state index contributed by atoms with van der Waals surface area (Å²) >= 11 is 0. The second-order valence-electron chi connectivity index (χ2n) is 5.82. The smallest absolute Gasteiger partial charge is 0.246 e. The quantitative estimate of drug-likeness (QED) is 0.713. The van der Waals surface area contributed by atoms with E-state index in [0.717, 1.165) is 30.9 Å². The lowest BCUT2D eigenvalue weighted by molar-refractivity contribution is -0.118. The molecule has 0 saturated heterocycles. The molecule has 26 heavy (non-hydrogen) atoms. The lowest BCUT2D eigenvalue weighted by Gasteiger charge is -2.19. The molecule has 2 N–H and O–H groups in total. The van der Waals surface area contributed by atoms with Gasteiger partial charge >= 0.3 is 0 Å².